The number of benzene rings is 1. The topological polar surface area (TPSA) is 50.1 Å². The monoisotopic (exact) mass is 235 g/mol. The van der Waals surface area contributed by atoms with Gasteiger partial charge in [-0.3, -0.25) is 4.79 Å². The molecule has 0 fully saturated rings. The number of carbonyl (C=O) groups excluding carboxylic acids is 1. The molecule has 0 spiro atoms. The van der Waals surface area contributed by atoms with Crippen molar-refractivity contribution in [2.45, 2.75) is 26.2 Å². The third-order valence-electron chi connectivity index (χ3n) is 2.43. The lowest BCUT2D eigenvalue weighted by Gasteiger charge is -2.14. The molecule has 0 N–H and O–H groups in total. The minimum Gasteiger partial charge on any atom is -0.466 e. The molecule has 1 atom stereocenters. The molecule has 1 unspecified atom stereocenters. The van der Waals surface area contributed by atoms with E-state index >= 15 is 0 Å². The summed E-state index contributed by atoms with van der Waals surface area (Å²) in [6, 6.07) is 5.80. The van der Waals surface area contributed by atoms with Crippen LogP contribution in [0.25, 0.3) is 0 Å². The molecule has 0 radical (unpaired) electrons. The first-order chi connectivity index (χ1) is 8.12. The third-order valence-corrected chi connectivity index (χ3v) is 2.43. The van der Waals surface area contributed by atoms with Gasteiger partial charge in [0.25, 0.3) is 0 Å². The van der Waals surface area contributed by atoms with Crippen molar-refractivity contribution in [1.82, 2.24) is 0 Å². The van der Waals surface area contributed by atoms with Crippen LogP contribution in [0.4, 0.5) is 4.39 Å². The first-order valence-corrected chi connectivity index (χ1v) is 5.49. The molecule has 1 rings (SSSR count). The molecule has 0 aliphatic rings. The summed E-state index contributed by atoms with van der Waals surface area (Å²) < 4.78 is 18.2. The number of nitrogens with zero attached hydrogens (tertiary/aromatic N) is 1. The van der Waals surface area contributed by atoms with Crippen molar-refractivity contribution in [2.75, 3.05) is 6.61 Å². The summed E-state index contributed by atoms with van der Waals surface area (Å²) in [5.41, 5.74) is 0.699. The van der Waals surface area contributed by atoms with Crippen molar-refractivity contribution in [3.63, 3.8) is 0 Å². The van der Waals surface area contributed by atoms with Gasteiger partial charge < -0.3 is 4.74 Å². The number of hydrogen-bond donors (Lipinski definition) is 0. The molecule has 0 bridgehead atoms. The average molecular weight is 235 g/mol. The number of nitriles is 1. The Balaban J connectivity index is 3.08. The van der Waals surface area contributed by atoms with Crippen molar-refractivity contribution in [1.29, 1.82) is 5.26 Å². The van der Waals surface area contributed by atoms with Crippen LogP contribution in [0.1, 0.15) is 37.3 Å². The second kappa shape index (κ2) is 6.00. The van der Waals surface area contributed by atoms with Gasteiger partial charge in [-0.25, -0.2) is 4.39 Å². The largest absolute Gasteiger partial charge is 0.466 e. The standard InChI is InChI=1S/C13H14FNO2/c1-3-12(13(16)17-4-2)10-5-9(8-15)6-11(14)7-10/h5-7,12H,3-4H2,1-2H3. The van der Waals surface area contributed by atoms with E-state index in [1.54, 1.807) is 6.92 Å². The number of hydrogen-bond acceptors (Lipinski definition) is 3. The van der Waals surface area contributed by atoms with Gasteiger partial charge in [0.15, 0.2) is 0 Å². The zero-order valence-corrected chi connectivity index (χ0v) is 9.87. The van der Waals surface area contributed by atoms with Crippen LogP contribution < -0.4 is 0 Å². The second-order valence-electron chi connectivity index (χ2n) is 3.60. The highest BCUT2D eigenvalue weighted by Gasteiger charge is 2.21. The predicted molar refractivity (Wildman–Crippen MR) is 60.8 cm³/mol. The first-order valence-electron chi connectivity index (χ1n) is 5.49. The Labute approximate surface area is 99.8 Å². The van der Waals surface area contributed by atoms with Crippen LogP contribution in [0.3, 0.4) is 0 Å². The van der Waals surface area contributed by atoms with Gasteiger partial charge >= 0.3 is 5.97 Å². The molecule has 0 saturated carbocycles. The minimum absolute atomic E-state index is 0.211. The van der Waals surface area contributed by atoms with Gasteiger partial charge in [-0.1, -0.05) is 6.92 Å². The minimum atomic E-state index is -0.516. The Morgan fingerprint density at radius 1 is 1.47 bits per heavy atom. The number of rotatable bonds is 4. The summed E-state index contributed by atoms with van der Waals surface area (Å²) in [6.07, 6.45) is 0.507. The maximum Gasteiger partial charge on any atom is 0.313 e. The lowest BCUT2D eigenvalue weighted by Crippen LogP contribution is -2.15. The molecule has 0 saturated heterocycles. The smallest absolute Gasteiger partial charge is 0.313 e. The summed E-state index contributed by atoms with van der Waals surface area (Å²) in [5, 5.41) is 8.75. The highest BCUT2D eigenvalue weighted by molar-refractivity contribution is 5.78. The fourth-order valence-electron chi connectivity index (χ4n) is 1.66. The fourth-order valence-corrected chi connectivity index (χ4v) is 1.66. The molecule has 1 aromatic carbocycles. The van der Waals surface area contributed by atoms with E-state index in [1.165, 1.54) is 12.1 Å². The molecule has 0 amide bonds. The van der Waals surface area contributed by atoms with Gasteiger partial charge in [0.2, 0.25) is 0 Å². The first kappa shape index (κ1) is 13.2. The van der Waals surface area contributed by atoms with Crippen LogP contribution in [-0.2, 0) is 9.53 Å². The molecule has 90 valence electrons. The van der Waals surface area contributed by atoms with Crippen LogP contribution >= 0.6 is 0 Å². The van der Waals surface area contributed by atoms with Gasteiger partial charge in [0.05, 0.1) is 24.2 Å². The summed E-state index contributed by atoms with van der Waals surface area (Å²) in [5.74, 6) is -1.41. The zero-order chi connectivity index (χ0) is 12.8. The molecule has 1 aromatic rings. The van der Waals surface area contributed by atoms with E-state index in [1.807, 2.05) is 13.0 Å². The van der Waals surface area contributed by atoms with Gasteiger partial charge in [0, 0.05) is 0 Å². The number of ether oxygens (including phenoxy) is 1. The average Bonchev–Trinajstić information content (AvgIpc) is 2.29. The van der Waals surface area contributed by atoms with E-state index in [0.717, 1.165) is 6.07 Å². The Bertz CT molecular complexity index is 451. The van der Waals surface area contributed by atoms with Crippen LogP contribution in [-0.4, -0.2) is 12.6 Å². The molecule has 0 aliphatic carbocycles. The van der Waals surface area contributed by atoms with Gasteiger partial charge in [-0.05, 0) is 37.1 Å². The van der Waals surface area contributed by atoms with Crippen LogP contribution in [0.2, 0.25) is 0 Å². The number of halogens is 1. The maximum absolute atomic E-state index is 13.3. The van der Waals surface area contributed by atoms with Gasteiger partial charge in [-0.2, -0.15) is 5.26 Å². The van der Waals surface area contributed by atoms with Crippen LogP contribution in [0.15, 0.2) is 18.2 Å². The van der Waals surface area contributed by atoms with E-state index in [2.05, 4.69) is 0 Å². The van der Waals surface area contributed by atoms with Gasteiger partial charge in [0.1, 0.15) is 5.82 Å². The SMILES string of the molecule is CCOC(=O)C(CC)c1cc(F)cc(C#N)c1. The molecule has 4 heteroatoms. The molecule has 17 heavy (non-hydrogen) atoms. The van der Waals surface area contributed by atoms with Crippen LogP contribution in [0.5, 0.6) is 0 Å². The lowest BCUT2D eigenvalue weighted by molar-refractivity contribution is -0.145. The van der Waals surface area contributed by atoms with Crippen LogP contribution in [0, 0.1) is 17.1 Å². The quantitative estimate of drug-likeness (QED) is 0.754. The molecule has 0 heterocycles. The normalized spacial score (nSPS) is 11.6. The van der Waals surface area contributed by atoms with E-state index < -0.39 is 11.7 Å². The summed E-state index contributed by atoms with van der Waals surface area (Å²) >= 11 is 0. The van der Waals surface area contributed by atoms with Gasteiger partial charge in [-0.15, -0.1) is 0 Å². The Morgan fingerprint density at radius 3 is 2.71 bits per heavy atom. The molecule has 0 aromatic heterocycles. The highest BCUT2D eigenvalue weighted by Crippen LogP contribution is 2.23. The zero-order valence-electron chi connectivity index (χ0n) is 9.87. The molecular formula is C13H14FNO2. The van der Waals surface area contributed by atoms with E-state index in [0.29, 0.717) is 12.0 Å². The number of carbonyl (C=O) groups is 1. The number of esters is 1. The van der Waals surface area contributed by atoms with E-state index in [-0.39, 0.29) is 18.1 Å². The molecular weight excluding hydrogens is 221 g/mol. The van der Waals surface area contributed by atoms with E-state index in [4.69, 9.17) is 10.00 Å². The summed E-state index contributed by atoms with van der Waals surface area (Å²) in [4.78, 5) is 11.7. The fraction of sp³-hybridized carbons (Fsp3) is 0.385. The van der Waals surface area contributed by atoms with Crippen molar-refractivity contribution >= 4 is 5.97 Å². The Hall–Kier alpha value is -1.89. The molecule has 0 aliphatic heterocycles. The summed E-state index contributed by atoms with van der Waals surface area (Å²) in [6.45, 7) is 3.82. The summed E-state index contributed by atoms with van der Waals surface area (Å²) in [7, 11) is 0. The maximum atomic E-state index is 13.3. The van der Waals surface area contributed by atoms with E-state index in [9.17, 15) is 9.18 Å². The lowest BCUT2D eigenvalue weighted by atomic mass is 9.95. The van der Waals surface area contributed by atoms with Crippen molar-refractivity contribution in [3.8, 4) is 6.07 Å². The Kier molecular flexibility index (Phi) is 4.65. The predicted octanol–water partition coefficient (Wildman–Crippen LogP) is 2.75. The highest BCUT2D eigenvalue weighted by atomic mass is 19.1. The van der Waals surface area contributed by atoms with Crippen molar-refractivity contribution in [2.24, 2.45) is 0 Å². The Morgan fingerprint density at radius 2 is 2.18 bits per heavy atom. The second-order valence-corrected chi connectivity index (χ2v) is 3.60. The van der Waals surface area contributed by atoms with Crippen molar-refractivity contribution < 1.29 is 13.9 Å². The third kappa shape index (κ3) is 3.28. The molecule has 3 nitrogen and oxygen atoms in total. The van der Waals surface area contributed by atoms with Crippen molar-refractivity contribution in [3.05, 3.63) is 35.1 Å².